The van der Waals surface area contributed by atoms with Crippen molar-refractivity contribution in [1.29, 1.82) is 0 Å². The van der Waals surface area contributed by atoms with E-state index in [0.717, 1.165) is 17.0 Å². The summed E-state index contributed by atoms with van der Waals surface area (Å²) in [7, 11) is 1.94. The summed E-state index contributed by atoms with van der Waals surface area (Å²) in [5.41, 5.74) is 7.53. The largest absolute Gasteiger partial charge is 0.304 e. The van der Waals surface area contributed by atoms with Crippen LogP contribution in [0.4, 0.5) is 0 Å². The highest BCUT2D eigenvalue weighted by molar-refractivity contribution is 6.31. The number of hydrogen-bond donors (Lipinski definition) is 3. The van der Waals surface area contributed by atoms with Crippen LogP contribution in [0.1, 0.15) is 18.0 Å². The monoisotopic (exact) mass is 211 g/mol. The van der Waals surface area contributed by atoms with Crippen LogP contribution in [0.3, 0.4) is 0 Å². The second-order valence-corrected chi connectivity index (χ2v) is 3.85. The molecule has 2 atom stereocenters. The van der Waals surface area contributed by atoms with Gasteiger partial charge in [0.2, 0.25) is 0 Å². The zero-order chi connectivity index (χ0) is 9.97. The predicted molar refractivity (Wildman–Crippen MR) is 57.9 cm³/mol. The molecule has 3 nitrogen and oxygen atoms in total. The number of benzene rings is 1. The van der Waals surface area contributed by atoms with Crippen molar-refractivity contribution < 1.29 is 0 Å². The van der Waals surface area contributed by atoms with E-state index in [-0.39, 0.29) is 0 Å². The molecule has 0 aliphatic carbocycles. The van der Waals surface area contributed by atoms with Crippen molar-refractivity contribution in [3.05, 3.63) is 34.9 Å². The number of rotatable bonds is 2. The number of nitrogens with one attached hydrogen (secondary N) is 3. The third kappa shape index (κ3) is 1.91. The van der Waals surface area contributed by atoms with E-state index in [1.165, 1.54) is 0 Å². The molecule has 3 N–H and O–H groups in total. The van der Waals surface area contributed by atoms with Gasteiger partial charge in [-0.05, 0) is 25.1 Å². The molecule has 0 spiro atoms. The molecular weight excluding hydrogens is 198 g/mol. The van der Waals surface area contributed by atoms with Crippen molar-refractivity contribution in [1.82, 2.24) is 16.2 Å². The molecule has 1 aromatic carbocycles. The summed E-state index contributed by atoms with van der Waals surface area (Å²) >= 11 is 6.11. The molecule has 2 unspecified atom stereocenters. The number of halogens is 1. The van der Waals surface area contributed by atoms with Gasteiger partial charge in [0, 0.05) is 5.02 Å². The molecular formula is C10H14ClN3. The molecule has 1 aromatic rings. The lowest BCUT2D eigenvalue weighted by molar-refractivity contribution is 0.494. The maximum atomic E-state index is 6.11. The van der Waals surface area contributed by atoms with Crippen molar-refractivity contribution in [2.24, 2.45) is 0 Å². The minimum absolute atomic E-state index is 0.293. The predicted octanol–water partition coefficient (Wildman–Crippen LogP) is 1.42. The Hall–Kier alpha value is -0.610. The minimum Gasteiger partial charge on any atom is -0.304 e. The van der Waals surface area contributed by atoms with Crippen LogP contribution < -0.4 is 16.2 Å². The SMILES string of the molecule is CNC1CC(c2ccccc2Cl)NN1. The van der Waals surface area contributed by atoms with Gasteiger partial charge >= 0.3 is 0 Å². The molecule has 14 heavy (non-hydrogen) atoms. The third-order valence-corrected chi connectivity index (χ3v) is 2.88. The van der Waals surface area contributed by atoms with Gasteiger partial charge in [-0.25, -0.2) is 10.9 Å². The first kappa shape index (κ1) is 9.93. The second kappa shape index (κ2) is 4.28. The summed E-state index contributed by atoms with van der Waals surface area (Å²) in [4.78, 5) is 0. The maximum absolute atomic E-state index is 6.11. The number of hydrazine groups is 1. The minimum atomic E-state index is 0.293. The Morgan fingerprint density at radius 2 is 2.14 bits per heavy atom. The first-order valence-corrected chi connectivity index (χ1v) is 5.12. The van der Waals surface area contributed by atoms with Crippen LogP contribution in [0.25, 0.3) is 0 Å². The topological polar surface area (TPSA) is 36.1 Å². The molecule has 1 fully saturated rings. The highest BCUT2D eigenvalue weighted by Gasteiger charge is 2.24. The second-order valence-electron chi connectivity index (χ2n) is 3.44. The summed E-state index contributed by atoms with van der Waals surface area (Å²) < 4.78 is 0. The normalized spacial score (nSPS) is 26.7. The van der Waals surface area contributed by atoms with Gasteiger partial charge in [0.05, 0.1) is 12.2 Å². The number of hydrogen-bond acceptors (Lipinski definition) is 3. The van der Waals surface area contributed by atoms with Gasteiger partial charge in [-0.3, -0.25) is 0 Å². The zero-order valence-corrected chi connectivity index (χ0v) is 8.81. The smallest absolute Gasteiger partial charge is 0.0720 e. The molecule has 0 radical (unpaired) electrons. The van der Waals surface area contributed by atoms with Crippen LogP contribution in [0.5, 0.6) is 0 Å². The Morgan fingerprint density at radius 3 is 2.79 bits per heavy atom. The molecule has 4 heteroatoms. The average molecular weight is 212 g/mol. The van der Waals surface area contributed by atoms with Gasteiger partial charge in [0.25, 0.3) is 0 Å². The lowest BCUT2D eigenvalue weighted by atomic mass is 10.0. The van der Waals surface area contributed by atoms with Crippen LogP contribution in [0.2, 0.25) is 5.02 Å². The Balaban J connectivity index is 2.13. The Bertz CT molecular complexity index is 316. The van der Waals surface area contributed by atoms with E-state index < -0.39 is 0 Å². The van der Waals surface area contributed by atoms with E-state index >= 15 is 0 Å². The van der Waals surface area contributed by atoms with E-state index in [0.29, 0.717) is 12.2 Å². The van der Waals surface area contributed by atoms with Gasteiger partial charge in [-0.2, -0.15) is 0 Å². The van der Waals surface area contributed by atoms with E-state index in [4.69, 9.17) is 11.6 Å². The van der Waals surface area contributed by atoms with E-state index in [1.54, 1.807) is 0 Å². The molecule has 1 aliphatic rings. The molecule has 1 saturated heterocycles. The summed E-state index contributed by atoms with van der Waals surface area (Å²) in [6.45, 7) is 0. The van der Waals surface area contributed by atoms with E-state index in [2.05, 4.69) is 22.2 Å². The molecule has 76 valence electrons. The van der Waals surface area contributed by atoms with Crippen LogP contribution in [-0.2, 0) is 0 Å². The van der Waals surface area contributed by atoms with Crippen LogP contribution in [-0.4, -0.2) is 13.2 Å². The summed E-state index contributed by atoms with van der Waals surface area (Å²) in [6, 6.07) is 8.23. The summed E-state index contributed by atoms with van der Waals surface area (Å²) in [6.07, 6.45) is 1.32. The van der Waals surface area contributed by atoms with Gasteiger partial charge in [0.15, 0.2) is 0 Å². The van der Waals surface area contributed by atoms with Gasteiger partial charge in [-0.1, -0.05) is 29.8 Å². The van der Waals surface area contributed by atoms with Gasteiger partial charge in [-0.15, -0.1) is 0 Å². The first-order chi connectivity index (χ1) is 6.81. The fourth-order valence-electron chi connectivity index (χ4n) is 1.71. The lowest BCUT2D eigenvalue weighted by Crippen LogP contribution is -2.38. The lowest BCUT2D eigenvalue weighted by Gasteiger charge is -2.11. The third-order valence-electron chi connectivity index (χ3n) is 2.53. The molecule has 0 bridgehead atoms. The van der Waals surface area contributed by atoms with Crippen LogP contribution in [0, 0.1) is 0 Å². The standard InChI is InChI=1S/C10H14ClN3/c1-12-10-6-9(13-14-10)7-4-2-3-5-8(7)11/h2-5,9-10,12-14H,6H2,1H3. The average Bonchev–Trinajstić information content (AvgIpc) is 2.67. The fourth-order valence-corrected chi connectivity index (χ4v) is 1.97. The highest BCUT2D eigenvalue weighted by Crippen LogP contribution is 2.27. The molecule has 1 heterocycles. The van der Waals surface area contributed by atoms with Crippen molar-refractivity contribution in [3.63, 3.8) is 0 Å². The molecule has 1 aliphatic heterocycles. The first-order valence-electron chi connectivity index (χ1n) is 4.74. The van der Waals surface area contributed by atoms with Crippen molar-refractivity contribution in [3.8, 4) is 0 Å². The van der Waals surface area contributed by atoms with Crippen molar-refractivity contribution in [2.75, 3.05) is 7.05 Å². The van der Waals surface area contributed by atoms with Gasteiger partial charge in [0.1, 0.15) is 0 Å². The van der Waals surface area contributed by atoms with Crippen molar-refractivity contribution >= 4 is 11.6 Å². The summed E-state index contributed by atoms with van der Waals surface area (Å²) in [5.74, 6) is 0. The molecule has 0 aromatic heterocycles. The molecule has 2 rings (SSSR count). The zero-order valence-electron chi connectivity index (χ0n) is 8.05. The van der Waals surface area contributed by atoms with Crippen molar-refractivity contribution in [2.45, 2.75) is 18.6 Å². The van der Waals surface area contributed by atoms with Gasteiger partial charge < -0.3 is 5.32 Å². The maximum Gasteiger partial charge on any atom is 0.0720 e. The Labute approximate surface area is 88.8 Å². The van der Waals surface area contributed by atoms with Crippen LogP contribution >= 0.6 is 11.6 Å². The fraction of sp³-hybridized carbons (Fsp3) is 0.400. The summed E-state index contributed by atoms with van der Waals surface area (Å²) in [5, 5.41) is 3.99. The highest BCUT2D eigenvalue weighted by atomic mass is 35.5. The van der Waals surface area contributed by atoms with E-state index in [1.807, 2.05) is 25.2 Å². The van der Waals surface area contributed by atoms with E-state index in [9.17, 15) is 0 Å². The molecule has 0 amide bonds. The molecule has 0 saturated carbocycles. The van der Waals surface area contributed by atoms with Crippen LogP contribution in [0.15, 0.2) is 24.3 Å². The Kier molecular flexibility index (Phi) is 3.03. The quantitative estimate of drug-likeness (QED) is 0.693. The Morgan fingerprint density at radius 1 is 1.36 bits per heavy atom.